The number of nitrogens with zero attached hydrogens (tertiary/aromatic N) is 1. The minimum Gasteiger partial charge on any atom is -0.462 e. The van der Waals surface area contributed by atoms with Crippen LogP contribution in [0.5, 0.6) is 0 Å². The lowest BCUT2D eigenvalue weighted by atomic mass is 10.1. The summed E-state index contributed by atoms with van der Waals surface area (Å²) in [5, 5.41) is 13.3. The van der Waals surface area contributed by atoms with E-state index in [1.165, 1.54) is 19.2 Å². The Labute approximate surface area is 127 Å². The highest BCUT2D eigenvalue weighted by atomic mass is 16.6. The highest BCUT2D eigenvalue weighted by Gasteiger charge is 2.22. The normalized spacial score (nSPS) is 11.6. The lowest BCUT2D eigenvalue weighted by Crippen LogP contribution is -2.29. The van der Waals surface area contributed by atoms with Gasteiger partial charge in [0.25, 0.3) is 11.6 Å². The Hall–Kier alpha value is -2.48. The van der Waals surface area contributed by atoms with Crippen LogP contribution in [0.1, 0.15) is 30.6 Å². The van der Waals surface area contributed by atoms with Gasteiger partial charge in [-0.1, -0.05) is 6.92 Å². The highest BCUT2D eigenvalue weighted by molar-refractivity contribution is 6.03. The number of carbonyl (C=O) groups excluding carboxylic acids is 2. The van der Waals surface area contributed by atoms with Crippen molar-refractivity contribution in [3.8, 4) is 0 Å². The number of anilines is 1. The first-order valence-electron chi connectivity index (χ1n) is 6.73. The smallest absolute Gasteiger partial charge is 0.340 e. The van der Waals surface area contributed by atoms with Crippen molar-refractivity contribution >= 4 is 23.3 Å². The first-order chi connectivity index (χ1) is 10.4. The average molecular weight is 310 g/mol. The van der Waals surface area contributed by atoms with E-state index in [0.29, 0.717) is 6.42 Å². The molecule has 0 aliphatic heterocycles. The molecule has 8 heteroatoms. The standard InChI is InChI=1S/C14H18N2O6/c1-4-12(21-3)13(17)15-11-8-9(16(19)20)6-7-10(11)14(18)22-5-2/h6-8,12H,4-5H2,1-3H3,(H,15,17). The fourth-order valence-corrected chi connectivity index (χ4v) is 1.81. The van der Waals surface area contributed by atoms with Crippen molar-refractivity contribution < 1.29 is 24.0 Å². The van der Waals surface area contributed by atoms with Crippen molar-refractivity contribution in [1.29, 1.82) is 0 Å². The van der Waals surface area contributed by atoms with Crippen LogP contribution in [0.4, 0.5) is 11.4 Å². The first-order valence-corrected chi connectivity index (χ1v) is 6.73. The first kappa shape index (κ1) is 17.6. The Morgan fingerprint density at radius 2 is 2.05 bits per heavy atom. The number of methoxy groups -OCH3 is 1. The molecule has 0 saturated carbocycles. The maximum Gasteiger partial charge on any atom is 0.340 e. The summed E-state index contributed by atoms with van der Waals surface area (Å²) >= 11 is 0. The van der Waals surface area contributed by atoms with Gasteiger partial charge >= 0.3 is 5.97 Å². The Morgan fingerprint density at radius 1 is 1.36 bits per heavy atom. The number of amides is 1. The van der Waals surface area contributed by atoms with Crippen LogP contribution in [0.2, 0.25) is 0 Å². The van der Waals surface area contributed by atoms with Crippen molar-refractivity contribution in [3.63, 3.8) is 0 Å². The van der Waals surface area contributed by atoms with Crippen molar-refractivity contribution in [2.24, 2.45) is 0 Å². The number of nitro groups is 1. The zero-order valence-corrected chi connectivity index (χ0v) is 12.6. The fourth-order valence-electron chi connectivity index (χ4n) is 1.81. The van der Waals surface area contributed by atoms with Gasteiger partial charge in [0.2, 0.25) is 0 Å². The Bertz CT molecular complexity index is 568. The predicted molar refractivity (Wildman–Crippen MR) is 78.8 cm³/mol. The van der Waals surface area contributed by atoms with Gasteiger partial charge in [-0.05, 0) is 19.4 Å². The van der Waals surface area contributed by atoms with E-state index >= 15 is 0 Å². The summed E-state index contributed by atoms with van der Waals surface area (Å²) in [7, 11) is 1.38. The van der Waals surface area contributed by atoms with E-state index in [9.17, 15) is 19.7 Å². The maximum atomic E-state index is 12.0. The number of esters is 1. The van der Waals surface area contributed by atoms with Crippen LogP contribution >= 0.6 is 0 Å². The molecule has 1 aromatic carbocycles. The largest absolute Gasteiger partial charge is 0.462 e. The maximum absolute atomic E-state index is 12.0. The zero-order valence-electron chi connectivity index (χ0n) is 12.6. The highest BCUT2D eigenvalue weighted by Crippen LogP contribution is 2.24. The molecule has 1 unspecified atom stereocenters. The molecule has 1 amide bonds. The van der Waals surface area contributed by atoms with Gasteiger partial charge in [-0.25, -0.2) is 4.79 Å². The molecule has 0 saturated heterocycles. The lowest BCUT2D eigenvalue weighted by Gasteiger charge is -2.15. The molecule has 0 aromatic heterocycles. The predicted octanol–water partition coefficient (Wildman–Crippen LogP) is 2.13. The van der Waals surface area contributed by atoms with E-state index in [1.54, 1.807) is 13.8 Å². The monoisotopic (exact) mass is 310 g/mol. The molecule has 0 spiro atoms. The van der Waals surface area contributed by atoms with Gasteiger partial charge in [0, 0.05) is 19.2 Å². The lowest BCUT2D eigenvalue weighted by molar-refractivity contribution is -0.384. The molecule has 0 heterocycles. The van der Waals surface area contributed by atoms with Gasteiger partial charge < -0.3 is 14.8 Å². The molecule has 0 fully saturated rings. The Kier molecular flexibility index (Phi) is 6.46. The summed E-state index contributed by atoms with van der Waals surface area (Å²) in [6, 6.07) is 3.54. The van der Waals surface area contributed by atoms with Crippen LogP contribution in [-0.4, -0.2) is 36.6 Å². The molecule has 0 radical (unpaired) electrons. The Morgan fingerprint density at radius 3 is 2.55 bits per heavy atom. The van der Waals surface area contributed by atoms with Gasteiger partial charge in [0.1, 0.15) is 6.10 Å². The number of hydrogen-bond acceptors (Lipinski definition) is 6. The summed E-state index contributed by atoms with van der Waals surface area (Å²) in [5.74, 6) is -1.16. The van der Waals surface area contributed by atoms with E-state index in [0.717, 1.165) is 6.07 Å². The van der Waals surface area contributed by atoms with Crippen molar-refractivity contribution in [3.05, 3.63) is 33.9 Å². The van der Waals surface area contributed by atoms with Gasteiger partial charge in [-0.15, -0.1) is 0 Å². The molecule has 1 rings (SSSR count). The molecule has 0 bridgehead atoms. The Balaban J connectivity index is 3.16. The quantitative estimate of drug-likeness (QED) is 0.469. The molecule has 0 aliphatic carbocycles. The number of rotatable bonds is 7. The molecule has 1 N–H and O–H groups in total. The van der Waals surface area contributed by atoms with E-state index in [2.05, 4.69) is 5.32 Å². The van der Waals surface area contributed by atoms with Gasteiger partial charge in [-0.3, -0.25) is 14.9 Å². The third-order valence-corrected chi connectivity index (χ3v) is 2.91. The molecule has 0 aliphatic rings. The fraction of sp³-hybridized carbons (Fsp3) is 0.429. The van der Waals surface area contributed by atoms with E-state index in [1.807, 2.05) is 0 Å². The van der Waals surface area contributed by atoms with Crippen LogP contribution in [0, 0.1) is 10.1 Å². The number of benzene rings is 1. The number of nitrogens with one attached hydrogen (secondary N) is 1. The third kappa shape index (κ3) is 4.26. The molecule has 1 aromatic rings. The average Bonchev–Trinajstić information content (AvgIpc) is 2.48. The zero-order chi connectivity index (χ0) is 16.7. The van der Waals surface area contributed by atoms with E-state index in [4.69, 9.17) is 9.47 Å². The minimum atomic E-state index is -0.714. The van der Waals surface area contributed by atoms with Crippen molar-refractivity contribution in [1.82, 2.24) is 0 Å². The molecule has 1 atom stereocenters. The molecule has 22 heavy (non-hydrogen) atoms. The number of carbonyl (C=O) groups is 2. The second-order valence-electron chi connectivity index (χ2n) is 4.33. The second-order valence-corrected chi connectivity index (χ2v) is 4.33. The minimum absolute atomic E-state index is 0.0214. The summed E-state index contributed by atoms with van der Waals surface area (Å²) in [5.41, 5.74) is -0.172. The summed E-state index contributed by atoms with van der Waals surface area (Å²) < 4.78 is 9.87. The molecular weight excluding hydrogens is 292 g/mol. The molecular formula is C14H18N2O6. The topological polar surface area (TPSA) is 108 Å². The van der Waals surface area contributed by atoms with Crippen LogP contribution in [0.3, 0.4) is 0 Å². The third-order valence-electron chi connectivity index (χ3n) is 2.91. The number of hydrogen-bond donors (Lipinski definition) is 1. The summed E-state index contributed by atoms with van der Waals surface area (Å²) in [6.45, 7) is 3.55. The number of non-ortho nitro benzene ring substituents is 1. The SMILES string of the molecule is CCOC(=O)c1ccc([N+](=O)[O-])cc1NC(=O)C(CC)OC. The van der Waals surface area contributed by atoms with Crippen molar-refractivity contribution in [2.75, 3.05) is 19.0 Å². The van der Waals surface area contributed by atoms with Crippen LogP contribution < -0.4 is 5.32 Å². The summed E-state index contributed by atoms with van der Waals surface area (Å²) in [4.78, 5) is 34.1. The van der Waals surface area contributed by atoms with E-state index in [-0.39, 0.29) is 23.5 Å². The molecule has 8 nitrogen and oxygen atoms in total. The van der Waals surface area contributed by atoms with Crippen LogP contribution in [0.25, 0.3) is 0 Å². The van der Waals surface area contributed by atoms with Crippen LogP contribution in [-0.2, 0) is 14.3 Å². The van der Waals surface area contributed by atoms with E-state index < -0.39 is 22.9 Å². The van der Waals surface area contributed by atoms with Gasteiger partial charge in [0.05, 0.1) is 22.8 Å². The number of nitro benzene ring substituents is 1. The van der Waals surface area contributed by atoms with Gasteiger partial charge in [-0.2, -0.15) is 0 Å². The van der Waals surface area contributed by atoms with Gasteiger partial charge in [0.15, 0.2) is 0 Å². The van der Waals surface area contributed by atoms with Crippen LogP contribution in [0.15, 0.2) is 18.2 Å². The second kappa shape index (κ2) is 8.08. The van der Waals surface area contributed by atoms with Crippen molar-refractivity contribution in [2.45, 2.75) is 26.4 Å². The number of ether oxygens (including phenoxy) is 2. The molecule has 120 valence electrons. The summed E-state index contributed by atoms with van der Waals surface area (Å²) in [6.07, 6.45) is -0.291.